The number of H-pyrrole nitrogens is 2. The van der Waals surface area contributed by atoms with Crippen molar-refractivity contribution in [2.45, 2.75) is 31.8 Å². The largest absolute Gasteiger partial charge is 0.359 e. The lowest BCUT2D eigenvalue weighted by atomic mass is 10.3. The third-order valence-electron chi connectivity index (χ3n) is 5.03. The van der Waals surface area contributed by atoms with Crippen molar-refractivity contribution in [3.8, 4) is 0 Å². The van der Waals surface area contributed by atoms with Crippen LogP contribution in [0.15, 0.2) is 36.8 Å². The first kappa shape index (κ1) is 17.6. The van der Waals surface area contributed by atoms with Crippen molar-refractivity contribution in [2.24, 2.45) is 5.73 Å². The highest BCUT2D eigenvalue weighted by Gasteiger charge is 2.25. The molecule has 1 atom stereocenters. The van der Waals surface area contributed by atoms with Gasteiger partial charge >= 0.3 is 0 Å². The minimum Gasteiger partial charge on any atom is -0.359 e. The normalized spacial score (nSPS) is 14.8. The molecular weight excluding hydrogens is 368 g/mol. The number of hydrogen-bond acceptors (Lipinski definition) is 8. The topological polar surface area (TPSA) is 137 Å². The standard InChI is InChI=1S/C19H22N10/c1-2-29(17(20)18-23-10-14-12(24-18)5-7-21-14)19-22-8-6-15(26-19)25-16-9-13(27-28-16)11-3-4-11/h5-11,17,21H,2-4,20H2,1H3,(H2,22,25,26,27,28). The number of nitrogens with zero attached hydrogens (tertiary/aromatic N) is 6. The van der Waals surface area contributed by atoms with E-state index in [1.807, 2.05) is 30.2 Å². The number of fused-ring (bicyclic) bond motifs is 1. The molecule has 1 fully saturated rings. The monoisotopic (exact) mass is 390 g/mol. The van der Waals surface area contributed by atoms with Gasteiger partial charge in [-0.3, -0.25) is 5.10 Å². The van der Waals surface area contributed by atoms with Gasteiger partial charge in [-0.1, -0.05) is 0 Å². The minimum absolute atomic E-state index is 0.501. The summed E-state index contributed by atoms with van der Waals surface area (Å²) >= 11 is 0. The summed E-state index contributed by atoms with van der Waals surface area (Å²) in [6.45, 7) is 2.60. The lowest BCUT2D eigenvalue weighted by Crippen LogP contribution is -2.37. The van der Waals surface area contributed by atoms with E-state index in [-0.39, 0.29) is 0 Å². The Morgan fingerprint density at radius 2 is 2.14 bits per heavy atom. The molecule has 1 aliphatic rings. The predicted molar refractivity (Wildman–Crippen MR) is 110 cm³/mol. The quantitative estimate of drug-likeness (QED) is 0.353. The zero-order valence-electron chi connectivity index (χ0n) is 16.0. The Bertz CT molecular complexity index is 1130. The first-order valence-electron chi connectivity index (χ1n) is 9.69. The van der Waals surface area contributed by atoms with Crippen molar-refractivity contribution in [3.05, 3.63) is 48.3 Å². The van der Waals surface area contributed by atoms with Crippen LogP contribution in [0.1, 0.15) is 43.4 Å². The number of rotatable bonds is 7. The van der Waals surface area contributed by atoms with Crippen LogP contribution >= 0.6 is 0 Å². The Hall–Kier alpha value is -3.53. The molecule has 0 amide bonds. The summed E-state index contributed by atoms with van der Waals surface area (Å²) in [4.78, 5) is 22.9. The molecule has 0 saturated heterocycles. The van der Waals surface area contributed by atoms with Crippen LogP contribution in [0.25, 0.3) is 11.0 Å². The van der Waals surface area contributed by atoms with Gasteiger partial charge in [0.05, 0.1) is 17.2 Å². The Morgan fingerprint density at radius 1 is 1.24 bits per heavy atom. The molecule has 4 aromatic heterocycles. The van der Waals surface area contributed by atoms with E-state index in [1.165, 1.54) is 12.8 Å². The van der Waals surface area contributed by atoms with E-state index < -0.39 is 6.17 Å². The highest BCUT2D eigenvalue weighted by molar-refractivity contribution is 5.73. The first-order chi connectivity index (χ1) is 14.2. The van der Waals surface area contributed by atoms with Gasteiger partial charge in [-0.25, -0.2) is 15.0 Å². The molecule has 0 aliphatic heterocycles. The van der Waals surface area contributed by atoms with Crippen LogP contribution in [-0.4, -0.2) is 41.7 Å². The van der Waals surface area contributed by atoms with Gasteiger partial charge in [-0.05, 0) is 31.9 Å². The number of nitrogens with two attached hydrogens (primary N) is 1. The number of hydrogen-bond donors (Lipinski definition) is 4. The number of nitrogens with one attached hydrogen (secondary N) is 3. The molecule has 1 aliphatic carbocycles. The summed E-state index contributed by atoms with van der Waals surface area (Å²) in [5.74, 6) is 3.02. The highest BCUT2D eigenvalue weighted by atomic mass is 15.3. The van der Waals surface area contributed by atoms with Crippen molar-refractivity contribution >= 4 is 28.6 Å². The van der Waals surface area contributed by atoms with Crippen molar-refractivity contribution in [1.82, 2.24) is 35.1 Å². The number of aromatic nitrogens is 7. The molecule has 0 radical (unpaired) electrons. The Kier molecular flexibility index (Phi) is 4.32. The third-order valence-corrected chi connectivity index (χ3v) is 5.03. The maximum atomic E-state index is 6.46. The van der Waals surface area contributed by atoms with Gasteiger partial charge in [0, 0.05) is 36.6 Å². The molecule has 0 bridgehead atoms. The molecule has 4 aromatic rings. The van der Waals surface area contributed by atoms with E-state index in [0.29, 0.717) is 30.1 Å². The van der Waals surface area contributed by atoms with Gasteiger partial charge in [0.2, 0.25) is 5.95 Å². The Morgan fingerprint density at radius 3 is 2.97 bits per heavy atom. The third kappa shape index (κ3) is 3.49. The minimum atomic E-state index is -0.568. The van der Waals surface area contributed by atoms with Gasteiger partial charge in [-0.2, -0.15) is 10.1 Å². The molecule has 5 rings (SSSR count). The van der Waals surface area contributed by atoms with Gasteiger partial charge in [0.1, 0.15) is 12.0 Å². The van der Waals surface area contributed by atoms with E-state index >= 15 is 0 Å². The molecule has 4 heterocycles. The molecule has 29 heavy (non-hydrogen) atoms. The zero-order chi connectivity index (χ0) is 19.8. The van der Waals surface area contributed by atoms with E-state index in [0.717, 1.165) is 22.5 Å². The second-order valence-corrected chi connectivity index (χ2v) is 7.09. The van der Waals surface area contributed by atoms with Crippen LogP contribution in [0.5, 0.6) is 0 Å². The van der Waals surface area contributed by atoms with Gasteiger partial charge in [0.25, 0.3) is 0 Å². The van der Waals surface area contributed by atoms with Crippen molar-refractivity contribution < 1.29 is 0 Å². The average molecular weight is 390 g/mol. The van der Waals surface area contributed by atoms with Crippen LogP contribution in [-0.2, 0) is 0 Å². The summed E-state index contributed by atoms with van der Waals surface area (Å²) in [5, 5.41) is 10.6. The summed E-state index contributed by atoms with van der Waals surface area (Å²) in [6, 6.07) is 5.73. The fourth-order valence-electron chi connectivity index (χ4n) is 3.29. The average Bonchev–Trinajstić information content (AvgIpc) is 3.30. The first-order valence-corrected chi connectivity index (χ1v) is 9.69. The summed E-state index contributed by atoms with van der Waals surface area (Å²) in [5.41, 5.74) is 9.32. The van der Waals surface area contributed by atoms with Crippen LogP contribution in [0.4, 0.5) is 17.6 Å². The fourth-order valence-corrected chi connectivity index (χ4v) is 3.29. The molecule has 0 aromatic carbocycles. The van der Waals surface area contributed by atoms with Gasteiger partial charge in [0.15, 0.2) is 11.6 Å². The zero-order valence-corrected chi connectivity index (χ0v) is 16.0. The van der Waals surface area contributed by atoms with E-state index in [9.17, 15) is 0 Å². The molecule has 10 nitrogen and oxygen atoms in total. The molecule has 0 spiro atoms. The predicted octanol–water partition coefficient (Wildman–Crippen LogP) is 2.58. The lowest BCUT2D eigenvalue weighted by Gasteiger charge is -2.26. The number of aromatic amines is 2. The van der Waals surface area contributed by atoms with E-state index in [4.69, 9.17) is 5.73 Å². The molecule has 1 saturated carbocycles. The van der Waals surface area contributed by atoms with Crippen LogP contribution in [0.3, 0.4) is 0 Å². The van der Waals surface area contributed by atoms with Crippen molar-refractivity contribution in [2.75, 3.05) is 16.8 Å². The maximum absolute atomic E-state index is 6.46. The Balaban J connectivity index is 1.37. The molecular formula is C19H22N10. The Labute approximate surface area is 167 Å². The molecule has 1 unspecified atom stereocenters. The fraction of sp³-hybridized carbons (Fsp3) is 0.316. The molecule has 5 N–H and O–H groups in total. The number of anilines is 3. The SMILES string of the molecule is CCN(c1nccc(Nc2cc(C3CC3)[nH]n2)n1)C(N)c1ncc2[nH]ccc2n1. The van der Waals surface area contributed by atoms with Crippen LogP contribution in [0, 0.1) is 0 Å². The van der Waals surface area contributed by atoms with Crippen LogP contribution in [0.2, 0.25) is 0 Å². The summed E-state index contributed by atoms with van der Waals surface area (Å²) in [6.07, 6.45) is 7.14. The lowest BCUT2D eigenvalue weighted by molar-refractivity contribution is 0.609. The second kappa shape index (κ2) is 7.13. The summed E-state index contributed by atoms with van der Waals surface area (Å²) < 4.78 is 0. The van der Waals surface area contributed by atoms with Gasteiger partial charge in [-0.15, -0.1) is 0 Å². The van der Waals surface area contributed by atoms with Crippen molar-refractivity contribution in [1.29, 1.82) is 0 Å². The smallest absolute Gasteiger partial charge is 0.228 e. The van der Waals surface area contributed by atoms with Crippen molar-refractivity contribution in [3.63, 3.8) is 0 Å². The van der Waals surface area contributed by atoms with E-state index in [1.54, 1.807) is 18.5 Å². The van der Waals surface area contributed by atoms with Gasteiger partial charge < -0.3 is 20.9 Å². The van der Waals surface area contributed by atoms with E-state index in [2.05, 4.69) is 40.4 Å². The van der Waals surface area contributed by atoms with Crippen LogP contribution < -0.4 is 16.0 Å². The second-order valence-electron chi connectivity index (χ2n) is 7.09. The maximum Gasteiger partial charge on any atom is 0.228 e. The molecule has 148 valence electrons. The summed E-state index contributed by atoms with van der Waals surface area (Å²) in [7, 11) is 0. The molecule has 10 heteroatoms. The highest BCUT2D eigenvalue weighted by Crippen LogP contribution is 2.39.